The van der Waals surface area contributed by atoms with Crippen LogP contribution in [0.2, 0.25) is 0 Å². The average Bonchev–Trinajstić information content (AvgIpc) is 2.38. The Hall–Kier alpha value is -1.37. The van der Waals surface area contributed by atoms with Crippen LogP contribution in [0.3, 0.4) is 0 Å². The van der Waals surface area contributed by atoms with Crippen molar-refractivity contribution in [2.45, 2.75) is 31.3 Å². The van der Waals surface area contributed by atoms with Crippen LogP contribution in [0.4, 0.5) is 0 Å². The van der Waals surface area contributed by atoms with E-state index < -0.39 is 0 Å². The summed E-state index contributed by atoms with van der Waals surface area (Å²) in [6.45, 7) is 2.00. The maximum atomic E-state index is 8.98. The summed E-state index contributed by atoms with van der Waals surface area (Å²) in [5, 5.41) is 8.98. The van der Waals surface area contributed by atoms with Crippen LogP contribution < -0.4 is 5.73 Å². The largest absolute Gasteiger partial charge is 0.328 e. The Balaban J connectivity index is 2.10. The fourth-order valence-corrected chi connectivity index (χ4v) is 2.45. The molecule has 90 valence electrons. The molecule has 0 spiro atoms. The number of benzene rings is 1. The van der Waals surface area contributed by atoms with Crippen LogP contribution in [0.1, 0.15) is 30.9 Å². The van der Waals surface area contributed by atoms with E-state index in [-0.39, 0.29) is 6.04 Å². The maximum absolute atomic E-state index is 8.98. The minimum atomic E-state index is 0.230. The predicted octanol–water partition coefficient (Wildman–Crippen LogP) is 2.06. The lowest BCUT2D eigenvalue weighted by Gasteiger charge is -2.35. The van der Waals surface area contributed by atoms with Gasteiger partial charge in [0, 0.05) is 25.2 Å². The molecule has 1 saturated heterocycles. The van der Waals surface area contributed by atoms with E-state index in [1.165, 1.54) is 5.56 Å². The predicted molar refractivity (Wildman–Crippen MR) is 68.2 cm³/mol. The topological polar surface area (TPSA) is 53.0 Å². The number of nitrogens with zero attached hydrogens (tertiary/aromatic N) is 2. The van der Waals surface area contributed by atoms with Crippen LogP contribution in [0.15, 0.2) is 30.3 Å². The van der Waals surface area contributed by atoms with Crippen molar-refractivity contribution in [2.75, 3.05) is 13.1 Å². The Morgan fingerprint density at radius 3 is 2.53 bits per heavy atom. The first-order valence-electron chi connectivity index (χ1n) is 6.23. The van der Waals surface area contributed by atoms with Crippen LogP contribution in [-0.4, -0.2) is 24.0 Å². The molecular weight excluding hydrogens is 210 g/mol. The Morgan fingerprint density at radius 1 is 1.29 bits per heavy atom. The first kappa shape index (κ1) is 12.1. The summed E-state index contributed by atoms with van der Waals surface area (Å²) in [6.07, 6.45) is 2.63. The smallest absolute Gasteiger partial charge is 0.0641 e. The quantitative estimate of drug-likeness (QED) is 0.863. The number of piperidine rings is 1. The normalized spacial score (nSPS) is 19.8. The summed E-state index contributed by atoms with van der Waals surface area (Å²) < 4.78 is 0. The highest BCUT2D eigenvalue weighted by Crippen LogP contribution is 2.26. The van der Waals surface area contributed by atoms with Gasteiger partial charge in [0.25, 0.3) is 0 Å². The number of rotatable bonds is 3. The molecule has 1 atom stereocenters. The number of hydrogen-bond donors (Lipinski definition) is 1. The van der Waals surface area contributed by atoms with Crippen molar-refractivity contribution in [1.82, 2.24) is 4.90 Å². The van der Waals surface area contributed by atoms with Gasteiger partial charge in [0.15, 0.2) is 0 Å². The minimum Gasteiger partial charge on any atom is -0.328 e. The van der Waals surface area contributed by atoms with Crippen molar-refractivity contribution in [3.8, 4) is 6.07 Å². The van der Waals surface area contributed by atoms with Gasteiger partial charge in [0.2, 0.25) is 0 Å². The van der Waals surface area contributed by atoms with E-state index in [9.17, 15) is 0 Å². The molecule has 2 N–H and O–H groups in total. The molecule has 0 aliphatic carbocycles. The van der Waals surface area contributed by atoms with Crippen molar-refractivity contribution in [3.05, 3.63) is 35.9 Å². The first-order valence-corrected chi connectivity index (χ1v) is 6.23. The molecule has 0 aromatic heterocycles. The van der Waals surface area contributed by atoms with Crippen LogP contribution in [0.5, 0.6) is 0 Å². The number of nitriles is 1. The van der Waals surface area contributed by atoms with Crippen molar-refractivity contribution < 1.29 is 0 Å². The summed E-state index contributed by atoms with van der Waals surface area (Å²) in [6, 6.07) is 13.2. The molecule has 1 aromatic rings. The van der Waals surface area contributed by atoms with Crippen molar-refractivity contribution >= 4 is 0 Å². The number of hydrogen-bond acceptors (Lipinski definition) is 3. The van der Waals surface area contributed by atoms with Crippen LogP contribution in [0.25, 0.3) is 0 Å². The third kappa shape index (κ3) is 3.06. The van der Waals surface area contributed by atoms with Crippen LogP contribution >= 0.6 is 0 Å². The summed E-state index contributed by atoms with van der Waals surface area (Å²) in [5.74, 6) is 0. The van der Waals surface area contributed by atoms with E-state index in [2.05, 4.69) is 23.1 Å². The van der Waals surface area contributed by atoms with Gasteiger partial charge in [-0.3, -0.25) is 4.90 Å². The highest BCUT2D eigenvalue weighted by Gasteiger charge is 2.24. The van der Waals surface area contributed by atoms with Crippen LogP contribution in [-0.2, 0) is 0 Å². The molecule has 1 fully saturated rings. The second kappa shape index (κ2) is 5.81. The summed E-state index contributed by atoms with van der Waals surface area (Å²) in [4.78, 5) is 2.39. The molecule has 1 unspecified atom stereocenters. The van der Waals surface area contributed by atoms with E-state index in [1.54, 1.807) is 0 Å². The lowest BCUT2D eigenvalue weighted by atomic mass is 9.98. The Bertz CT molecular complexity index is 374. The van der Waals surface area contributed by atoms with E-state index >= 15 is 0 Å². The number of nitrogens with two attached hydrogens (primary N) is 1. The van der Waals surface area contributed by atoms with E-state index in [0.717, 1.165) is 25.9 Å². The molecule has 0 bridgehead atoms. The zero-order chi connectivity index (χ0) is 12.1. The van der Waals surface area contributed by atoms with Gasteiger partial charge in [0.05, 0.1) is 12.5 Å². The zero-order valence-electron chi connectivity index (χ0n) is 10.0. The Labute approximate surface area is 103 Å². The van der Waals surface area contributed by atoms with Crippen LogP contribution in [0, 0.1) is 11.3 Å². The molecule has 3 nitrogen and oxygen atoms in total. The fraction of sp³-hybridized carbons (Fsp3) is 0.500. The Morgan fingerprint density at radius 2 is 1.94 bits per heavy atom. The standard InChI is InChI=1S/C14H19N3/c15-9-6-14(12-4-2-1-3-5-12)17-10-7-13(16)8-11-17/h1-5,13-14H,6-8,10-11,16H2. The molecule has 0 radical (unpaired) electrons. The van der Waals surface area contributed by atoms with Gasteiger partial charge in [0.1, 0.15) is 0 Å². The highest BCUT2D eigenvalue weighted by molar-refractivity contribution is 5.20. The summed E-state index contributed by atoms with van der Waals surface area (Å²) in [5.41, 5.74) is 7.16. The SMILES string of the molecule is N#CCC(c1ccccc1)N1CCC(N)CC1. The van der Waals surface area contributed by atoms with Gasteiger partial charge >= 0.3 is 0 Å². The molecule has 0 amide bonds. The Kier molecular flexibility index (Phi) is 4.13. The molecule has 1 aliphatic heterocycles. The molecule has 0 saturated carbocycles. The molecule has 17 heavy (non-hydrogen) atoms. The molecule has 3 heteroatoms. The molecule has 1 aromatic carbocycles. The van der Waals surface area contributed by atoms with E-state index in [1.807, 2.05) is 18.2 Å². The molecule has 1 heterocycles. The second-order valence-electron chi connectivity index (χ2n) is 4.66. The lowest BCUT2D eigenvalue weighted by Crippen LogP contribution is -2.41. The van der Waals surface area contributed by atoms with Crippen molar-refractivity contribution in [3.63, 3.8) is 0 Å². The average molecular weight is 229 g/mol. The lowest BCUT2D eigenvalue weighted by molar-refractivity contribution is 0.154. The zero-order valence-corrected chi connectivity index (χ0v) is 10.0. The third-order valence-electron chi connectivity index (χ3n) is 3.48. The van der Waals surface area contributed by atoms with Crippen molar-refractivity contribution in [1.29, 1.82) is 5.26 Å². The second-order valence-corrected chi connectivity index (χ2v) is 4.66. The third-order valence-corrected chi connectivity index (χ3v) is 3.48. The van der Waals surface area contributed by atoms with Gasteiger partial charge < -0.3 is 5.73 Å². The highest BCUT2D eigenvalue weighted by atomic mass is 15.2. The van der Waals surface area contributed by atoms with Gasteiger partial charge in [-0.15, -0.1) is 0 Å². The van der Waals surface area contributed by atoms with E-state index in [0.29, 0.717) is 12.5 Å². The van der Waals surface area contributed by atoms with E-state index in [4.69, 9.17) is 11.0 Å². The monoisotopic (exact) mass is 229 g/mol. The molecular formula is C14H19N3. The summed E-state index contributed by atoms with van der Waals surface area (Å²) in [7, 11) is 0. The van der Waals surface area contributed by atoms with Crippen molar-refractivity contribution in [2.24, 2.45) is 5.73 Å². The first-order chi connectivity index (χ1) is 8.31. The molecule has 1 aliphatic rings. The van der Waals surface area contributed by atoms with Gasteiger partial charge in [-0.25, -0.2) is 0 Å². The molecule has 2 rings (SSSR count). The number of likely N-dealkylation sites (tertiary alicyclic amines) is 1. The van der Waals surface area contributed by atoms with Gasteiger partial charge in [-0.2, -0.15) is 5.26 Å². The summed E-state index contributed by atoms with van der Waals surface area (Å²) >= 11 is 0. The van der Waals surface area contributed by atoms with Gasteiger partial charge in [-0.05, 0) is 18.4 Å². The maximum Gasteiger partial charge on any atom is 0.0641 e. The minimum absolute atomic E-state index is 0.230. The van der Waals surface area contributed by atoms with Gasteiger partial charge in [-0.1, -0.05) is 30.3 Å². The fourth-order valence-electron chi connectivity index (χ4n) is 2.45.